The first-order chi connectivity index (χ1) is 14.2. The summed E-state index contributed by atoms with van der Waals surface area (Å²) in [6, 6.07) is 9.81. The van der Waals surface area contributed by atoms with Crippen molar-refractivity contribution in [2.45, 2.75) is 38.8 Å². The van der Waals surface area contributed by atoms with Crippen LogP contribution in [0.15, 0.2) is 36.4 Å². The van der Waals surface area contributed by atoms with Gasteiger partial charge in [-0.1, -0.05) is 23.7 Å². The fraction of sp³-hybridized carbons (Fsp3) is 0.435. The molecular weight excluding hydrogens is 407 g/mol. The van der Waals surface area contributed by atoms with Crippen LogP contribution in [0.2, 0.25) is 5.02 Å². The Kier molecular flexibility index (Phi) is 7.34. The van der Waals surface area contributed by atoms with Gasteiger partial charge in [0.25, 0.3) is 0 Å². The molecule has 0 bridgehead atoms. The summed E-state index contributed by atoms with van der Waals surface area (Å²) >= 11 is 6.19. The maximum absolute atomic E-state index is 12.9. The molecule has 0 saturated carbocycles. The van der Waals surface area contributed by atoms with Crippen molar-refractivity contribution in [1.82, 2.24) is 10.2 Å². The first-order valence-electron chi connectivity index (χ1n) is 10.1. The summed E-state index contributed by atoms with van der Waals surface area (Å²) in [5, 5.41) is 14.4. The zero-order valence-corrected chi connectivity index (χ0v) is 18.1. The van der Waals surface area contributed by atoms with Gasteiger partial charge in [-0.15, -0.1) is 0 Å². The predicted molar refractivity (Wildman–Crippen MR) is 115 cm³/mol. The Morgan fingerprint density at radius 1 is 1.20 bits per heavy atom. The number of hydrogen-bond donors (Lipinski definition) is 2. The number of aliphatic hydroxyl groups is 1. The number of aryl methyl sites for hydroxylation is 2. The van der Waals surface area contributed by atoms with Crippen LogP contribution in [0.4, 0.5) is 4.39 Å². The van der Waals surface area contributed by atoms with Crippen molar-refractivity contribution < 1.29 is 19.0 Å². The van der Waals surface area contributed by atoms with Crippen molar-refractivity contribution in [3.8, 4) is 5.75 Å². The average Bonchev–Trinajstić information content (AvgIpc) is 2.72. The normalized spacial score (nSPS) is 16.3. The number of carbonyl (C=O) groups is 1. The van der Waals surface area contributed by atoms with Crippen LogP contribution in [0.3, 0.4) is 0 Å². The van der Waals surface area contributed by atoms with Crippen LogP contribution in [0.1, 0.15) is 29.5 Å². The van der Waals surface area contributed by atoms with E-state index in [4.69, 9.17) is 16.3 Å². The summed E-state index contributed by atoms with van der Waals surface area (Å²) in [4.78, 5) is 14.2. The number of rotatable bonds is 7. The van der Waals surface area contributed by atoms with Crippen molar-refractivity contribution in [2.75, 3.05) is 26.2 Å². The Morgan fingerprint density at radius 2 is 1.80 bits per heavy atom. The summed E-state index contributed by atoms with van der Waals surface area (Å²) in [7, 11) is 0. The van der Waals surface area contributed by atoms with Crippen LogP contribution in [0.25, 0.3) is 0 Å². The van der Waals surface area contributed by atoms with Gasteiger partial charge < -0.3 is 15.2 Å². The third-order valence-electron chi connectivity index (χ3n) is 5.47. The van der Waals surface area contributed by atoms with Crippen molar-refractivity contribution in [1.29, 1.82) is 0 Å². The molecular formula is C23H28ClFN2O3. The van der Waals surface area contributed by atoms with E-state index in [0.717, 1.165) is 21.7 Å². The van der Waals surface area contributed by atoms with Crippen LogP contribution in [-0.2, 0) is 11.3 Å². The number of likely N-dealkylation sites (tertiary alicyclic amines) is 1. The average molecular weight is 435 g/mol. The highest BCUT2D eigenvalue weighted by Crippen LogP contribution is 2.28. The largest absolute Gasteiger partial charge is 0.491 e. The second-order valence-corrected chi connectivity index (χ2v) is 8.44. The molecule has 162 valence electrons. The highest BCUT2D eigenvalue weighted by molar-refractivity contribution is 6.32. The summed E-state index contributed by atoms with van der Waals surface area (Å²) < 4.78 is 18.8. The molecule has 1 aliphatic heterocycles. The molecule has 5 nitrogen and oxygen atoms in total. The fourth-order valence-corrected chi connectivity index (χ4v) is 3.65. The van der Waals surface area contributed by atoms with Crippen molar-refractivity contribution in [2.24, 2.45) is 0 Å². The number of hydrogen-bond acceptors (Lipinski definition) is 4. The quantitative estimate of drug-likeness (QED) is 0.698. The van der Waals surface area contributed by atoms with Gasteiger partial charge in [-0.3, -0.25) is 9.69 Å². The Labute approximate surface area is 181 Å². The van der Waals surface area contributed by atoms with Gasteiger partial charge in [-0.2, -0.15) is 0 Å². The zero-order valence-electron chi connectivity index (χ0n) is 17.4. The molecule has 2 N–H and O–H groups in total. The molecule has 30 heavy (non-hydrogen) atoms. The predicted octanol–water partition coefficient (Wildman–Crippen LogP) is 3.62. The van der Waals surface area contributed by atoms with E-state index < -0.39 is 5.60 Å². The molecule has 7 heteroatoms. The fourth-order valence-electron chi connectivity index (χ4n) is 3.54. The van der Waals surface area contributed by atoms with E-state index in [9.17, 15) is 14.3 Å². The number of ether oxygens (including phenoxy) is 1. The van der Waals surface area contributed by atoms with E-state index in [2.05, 4.69) is 5.32 Å². The highest BCUT2D eigenvalue weighted by atomic mass is 35.5. The summed E-state index contributed by atoms with van der Waals surface area (Å²) in [6.07, 6.45) is 1.06. The maximum Gasteiger partial charge on any atom is 0.234 e. The molecule has 3 rings (SSSR count). The minimum atomic E-state index is -0.914. The first-order valence-corrected chi connectivity index (χ1v) is 10.5. The molecule has 1 fully saturated rings. The summed E-state index contributed by atoms with van der Waals surface area (Å²) in [5.41, 5.74) is 1.82. The molecule has 0 unspecified atom stereocenters. The molecule has 0 aromatic heterocycles. The molecule has 0 aliphatic carbocycles. The lowest BCUT2D eigenvalue weighted by Crippen LogP contribution is -2.50. The SMILES string of the molecule is Cc1cc(OCC2(O)CCN(CC(=O)NCc3ccc(F)cc3)CC2)cc(C)c1Cl. The van der Waals surface area contributed by atoms with Crippen molar-refractivity contribution in [3.63, 3.8) is 0 Å². The summed E-state index contributed by atoms with van der Waals surface area (Å²) in [6.45, 7) is 5.93. The third-order valence-corrected chi connectivity index (χ3v) is 6.07. The van der Waals surface area contributed by atoms with Crippen LogP contribution in [-0.4, -0.2) is 47.8 Å². The van der Waals surface area contributed by atoms with Gasteiger partial charge in [0, 0.05) is 24.7 Å². The van der Waals surface area contributed by atoms with Gasteiger partial charge in [0.2, 0.25) is 5.91 Å². The molecule has 1 saturated heterocycles. The molecule has 2 aromatic carbocycles. The number of carbonyl (C=O) groups excluding carboxylic acids is 1. The van der Waals surface area contributed by atoms with Crippen LogP contribution in [0.5, 0.6) is 5.75 Å². The Bertz CT molecular complexity index is 858. The molecule has 1 aliphatic rings. The molecule has 1 heterocycles. The van der Waals surface area contributed by atoms with Gasteiger partial charge in [-0.25, -0.2) is 4.39 Å². The number of nitrogens with one attached hydrogen (secondary N) is 1. The number of halogens is 2. The van der Waals surface area contributed by atoms with Crippen LogP contribution >= 0.6 is 11.6 Å². The lowest BCUT2D eigenvalue weighted by molar-refractivity contribution is -0.124. The molecule has 0 radical (unpaired) electrons. The van der Waals surface area contributed by atoms with Crippen molar-refractivity contribution >= 4 is 17.5 Å². The number of amides is 1. The van der Waals surface area contributed by atoms with Gasteiger partial charge in [0.15, 0.2) is 0 Å². The van der Waals surface area contributed by atoms with Crippen molar-refractivity contribution in [3.05, 3.63) is 63.9 Å². The van der Waals surface area contributed by atoms with E-state index in [1.165, 1.54) is 12.1 Å². The number of piperidine rings is 1. The monoisotopic (exact) mass is 434 g/mol. The Balaban J connectivity index is 1.42. The molecule has 0 spiro atoms. The van der Waals surface area contributed by atoms with Gasteiger partial charge >= 0.3 is 0 Å². The zero-order chi connectivity index (χ0) is 21.7. The lowest BCUT2D eigenvalue weighted by atomic mass is 9.92. The second-order valence-electron chi connectivity index (χ2n) is 8.06. The minimum Gasteiger partial charge on any atom is -0.491 e. The molecule has 1 amide bonds. The van der Waals surface area contributed by atoms with Crippen LogP contribution < -0.4 is 10.1 Å². The number of benzene rings is 2. The number of nitrogens with zero attached hydrogens (tertiary/aromatic N) is 1. The summed E-state index contributed by atoms with van der Waals surface area (Å²) in [5.74, 6) is 0.315. The highest BCUT2D eigenvalue weighted by Gasteiger charge is 2.33. The lowest BCUT2D eigenvalue weighted by Gasteiger charge is -2.37. The van der Waals surface area contributed by atoms with Gasteiger partial charge in [0.05, 0.1) is 6.54 Å². The van der Waals surface area contributed by atoms with E-state index in [1.807, 2.05) is 30.9 Å². The topological polar surface area (TPSA) is 61.8 Å². The van der Waals surface area contributed by atoms with E-state index >= 15 is 0 Å². The molecule has 2 aromatic rings. The standard InChI is InChI=1S/C23H28ClFN2O3/c1-16-11-20(12-17(2)22(16)24)30-15-23(29)7-9-27(10-8-23)14-21(28)26-13-18-3-5-19(25)6-4-18/h3-6,11-12,29H,7-10,13-15H2,1-2H3,(H,26,28). The second kappa shape index (κ2) is 9.77. The van der Waals surface area contributed by atoms with Crippen LogP contribution in [0, 0.1) is 19.7 Å². The van der Waals surface area contributed by atoms with Gasteiger partial charge in [-0.05, 0) is 67.6 Å². The first kappa shape index (κ1) is 22.5. The van der Waals surface area contributed by atoms with E-state index in [-0.39, 0.29) is 24.9 Å². The third kappa shape index (κ3) is 6.17. The maximum atomic E-state index is 12.9. The Morgan fingerprint density at radius 3 is 2.40 bits per heavy atom. The van der Waals surface area contributed by atoms with E-state index in [1.54, 1.807) is 12.1 Å². The smallest absolute Gasteiger partial charge is 0.234 e. The van der Waals surface area contributed by atoms with Gasteiger partial charge in [0.1, 0.15) is 23.8 Å². The molecule has 0 atom stereocenters. The Hall–Kier alpha value is -2.15. The minimum absolute atomic E-state index is 0.0897. The van der Waals surface area contributed by atoms with E-state index in [0.29, 0.717) is 38.2 Å².